The van der Waals surface area contributed by atoms with Gasteiger partial charge in [0.15, 0.2) is 11.0 Å². The molecule has 6 nitrogen and oxygen atoms in total. The molecule has 1 aromatic heterocycles. The van der Waals surface area contributed by atoms with Gasteiger partial charge in [0.2, 0.25) is 5.91 Å². The van der Waals surface area contributed by atoms with Crippen LogP contribution in [0.5, 0.6) is 0 Å². The molecule has 0 unspecified atom stereocenters. The lowest BCUT2D eigenvalue weighted by atomic mass is 10.2. The van der Waals surface area contributed by atoms with E-state index in [2.05, 4.69) is 10.2 Å². The van der Waals surface area contributed by atoms with Crippen molar-refractivity contribution in [3.8, 4) is 11.4 Å². The van der Waals surface area contributed by atoms with E-state index in [4.69, 9.17) is 4.74 Å². The van der Waals surface area contributed by atoms with E-state index in [1.165, 1.54) is 11.8 Å². The predicted molar refractivity (Wildman–Crippen MR) is 105 cm³/mol. The van der Waals surface area contributed by atoms with Crippen LogP contribution in [0.2, 0.25) is 0 Å². The van der Waals surface area contributed by atoms with Crippen molar-refractivity contribution in [2.24, 2.45) is 0 Å². The summed E-state index contributed by atoms with van der Waals surface area (Å²) in [7, 11) is 1.67. The Balaban J connectivity index is 2.18. The molecule has 26 heavy (non-hydrogen) atoms. The highest BCUT2D eigenvalue weighted by Gasteiger charge is 2.22. The second-order valence-electron chi connectivity index (χ2n) is 6.59. The molecule has 2 rings (SSSR count). The number of nitrogens with zero attached hydrogens (tertiary/aromatic N) is 4. The van der Waals surface area contributed by atoms with Crippen LogP contribution in [0.1, 0.15) is 27.7 Å². The summed E-state index contributed by atoms with van der Waals surface area (Å²) in [5, 5.41) is 9.40. The number of carbonyl (C=O) groups is 1. The van der Waals surface area contributed by atoms with Crippen LogP contribution >= 0.6 is 11.8 Å². The normalized spacial score (nSPS) is 11.3. The second kappa shape index (κ2) is 9.73. The summed E-state index contributed by atoms with van der Waals surface area (Å²) in [5.74, 6) is 1.25. The van der Waals surface area contributed by atoms with Gasteiger partial charge in [-0.1, -0.05) is 42.1 Å². The van der Waals surface area contributed by atoms with E-state index < -0.39 is 0 Å². The van der Waals surface area contributed by atoms with Gasteiger partial charge in [0.25, 0.3) is 0 Å². The first-order valence-corrected chi connectivity index (χ1v) is 9.85. The summed E-state index contributed by atoms with van der Waals surface area (Å²) in [4.78, 5) is 14.5. The maximum Gasteiger partial charge on any atom is 0.233 e. The minimum Gasteiger partial charge on any atom is -0.383 e. The predicted octanol–water partition coefficient (Wildman–Crippen LogP) is 3.33. The zero-order valence-corrected chi connectivity index (χ0v) is 17.0. The van der Waals surface area contributed by atoms with Crippen molar-refractivity contribution in [1.82, 2.24) is 19.7 Å². The van der Waals surface area contributed by atoms with Gasteiger partial charge in [0.05, 0.1) is 18.9 Å². The molecule has 2 aromatic rings. The maximum absolute atomic E-state index is 12.6. The van der Waals surface area contributed by atoms with E-state index >= 15 is 0 Å². The van der Waals surface area contributed by atoms with E-state index in [0.717, 1.165) is 16.5 Å². The Morgan fingerprint density at radius 3 is 2.38 bits per heavy atom. The van der Waals surface area contributed by atoms with Gasteiger partial charge < -0.3 is 9.64 Å². The highest BCUT2D eigenvalue weighted by atomic mass is 32.2. The monoisotopic (exact) mass is 376 g/mol. The van der Waals surface area contributed by atoms with Crippen LogP contribution < -0.4 is 0 Å². The molecule has 0 fully saturated rings. The van der Waals surface area contributed by atoms with Gasteiger partial charge >= 0.3 is 0 Å². The number of hydrogen-bond donors (Lipinski definition) is 0. The van der Waals surface area contributed by atoms with Crippen LogP contribution in [0.4, 0.5) is 0 Å². The zero-order chi connectivity index (χ0) is 19.1. The third kappa shape index (κ3) is 5.08. The lowest BCUT2D eigenvalue weighted by molar-refractivity contribution is -0.131. The first-order valence-electron chi connectivity index (χ1n) is 8.87. The molecule has 0 aliphatic rings. The first-order chi connectivity index (χ1) is 12.5. The fourth-order valence-corrected chi connectivity index (χ4v) is 3.79. The number of thioether (sulfide) groups is 1. The molecule has 0 saturated heterocycles. The highest BCUT2D eigenvalue weighted by molar-refractivity contribution is 7.99. The lowest BCUT2D eigenvalue weighted by Gasteiger charge is -2.30. The number of carbonyl (C=O) groups excluding carboxylic acids is 1. The van der Waals surface area contributed by atoms with Crippen molar-refractivity contribution in [2.75, 3.05) is 19.5 Å². The van der Waals surface area contributed by atoms with Crippen LogP contribution in [-0.2, 0) is 16.1 Å². The molecule has 1 amide bonds. The Hall–Kier alpha value is -1.86. The van der Waals surface area contributed by atoms with Gasteiger partial charge in [0, 0.05) is 24.8 Å². The summed E-state index contributed by atoms with van der Waals surface area (Å²) >= 11 is 1.43. The number of amides is 1. The van der Waals surface area contributed by atoms with Gasteiger partial charge in [-0.3, -0.25) is 9.36 Å². The number of benzene rings is 1. The van der Waals surface area contributed by atoms with Crippen LogP contribution in [-0.4, -0.2) is 57.1 Å². The summed E-state index contributed by atoms with van der Waals surface area (Å²) in [5.41, 5.74) is 1.00. The molecule has 1 aromatic carbocycles. The van der Waals surface area contributed by atoms with Crippen molar-refractivity contribution in [1.29, 1.82) is 0 Å². The van der Waals surface area contributed by atoms with Crippen LogP contribution in [0.25, 0.3) is 11.4 Å². The first kappa shape index (κ1) is 20.5. The van der Waals surface area contributed by atoms with Crippen LogP contribution in [0.15, 0.2) is 35.5 Å². The average Bonchev–Trinajstić information content (AvgIpc) is 3.01. The molecule has 142 valence electrons. The molecule has 7 heteroatoms. The standard InChI is InChI=1S/C19H28N4O2S/c1-14(2)23(15(3)4)17(24)13-26-19-21-20-18(22(19)11-12-25-5)16-9-7-6-8-10-16/h6-10,14-15H,11-13H2,1-5H3. The molecule has 0 saturated carbocycles. The zero-order valence-electron chi connectivity index (χ0n) is 16.2. The molecule has 0 N–H and O–H groups in total. The van der Waals surface area contributed by atoms with Crippen molar-refractivity contribution in [2.45, 2.75) is 51.5 Å². The van der Waals surface area contributed by atoms with Crippen LogP contribution in [0, 0.1) is 0 Å². The van der Waals surface area contributed by atoms with Crippen molar-refractivity contribution in [3.05, 3.63) is 30.3 Å². The molecular formula is C19H28N4O2S. The third-order valence-corrected chi connectivity index (χ3v) is 4.94. The van der Waals surface area contributed by atoms with Crippen LogP contribution in [0.3, 0.4) is 0 Å². The Morgan fingerprint density at radius 1 is 1.15 bits per heavy atom. The summed E-state index contributed by atoms with van der Waals surface area (Å²) in [6.07, 6.45) is 0. The number of rotatable bonds is 9. The number of aromatic nitrogens is 3. The van der Waals surface area contributed by atoms with E-state index in [9.17, 15) is 4.79 Å². The van der Waals surface area contributed by atoms with E-state index in [1.54, 1.807) is 7.11 Å². The summed E-state index contributed by atoms with van der Waals surface area (Å²) < 4.78 is 7.25. The fourth-order valence-electron chi connectivity index (χ4n) is 2.95. The third-order valence-electron chi connectivity index (χ3n) is 3.99. The molecule has 0 aliphatic carbocycles. The molecule has 0 aliphatic heterocycles. The van der Waals surface area contributed by atoms with Crippen molar-refractivity contribution >= 4 is 17.7 Å². The topological polar surface area (TPSA) is 60.2 Å². The number of ether oxygens (including phenoxy) is 1. The van der Waals surface area contributed by atoms with E-state index in [-0.39, 0.29) is 18.0 Å². The largest absolute Gasteiger partial charge is 0.383 e. The average molecular weight is 377 g/mol. The van der Waals surface area contributed by atoms with Gasteiger partial charge in [-0.15, -0.1) is 10.2 Å². The molecule has 0 radical (unpaired) electrons. The number of hydrogen-bond acceptors (Lipinski definition) is 5. The van der Waals surface area contributed by atoms with Crippen molar-refractivity contribution in [3.63, 3.8) is 0 Å². The SMILES string of the molecule is COCCn1c(SCC(=O)N(C(C)C)C(C)C)nnc1-c1ccccc1. The molecular weight excluding hydrogens is 348 g/mol. The minimum absolute atomic E-state index is 0.113. The van der Waals surface area contributed by atoms with Gasteiger partial charge in [0.1, 0.15) is 0 Å². The maximum atomic E-state index is 12.6. The Morgan fingerprint density at radius 2 is 1.81 bits per heavy atom. The Labute approximate surface area is 159 Å². The van der Waals surface area contributed by atoms with E-state index in [0.29, 0.717) is 18.9 Å². The molecule has 0 atom stereocenters. The minimum atomic E-state index is 0.113. The second-order valence-corrected chi connectivity index (χ2v) is 7.54. The molecule has 1 heterocycles. The Bertz CT molecular complexity index is 693. The smallest absolute Gasteiger partial charge is 0.233 e. The lowest BCUT2D eigenvalue weighted by Crippen LogP contribution is -2.43. The quantitative estimate of drug-likeness (QED) is 0.628. The van der Waals surface area contributed by atoms with Gasteiger partial charge in [-0.05, 0) is 27.7 Å². The van der Waals surface area contributed by atoms with E-state index in [1.807, 2.05) is 67.5 Å². The highest BCUT2D eigenvalue weighted by Crippen LogP contribution is 2.24. The van der Waals surface area contributed by atoms with Gasteiger partial charge in [-0.25, -0.2) is 0 Å². The van der Waals surface area contributed by atoms with Gasteiger partial charge in [-0.2, -0.15) is 0 Å². The summed E-state index contributed by atoms with van der Waals surface area (Å²) in [6, 6.07) is 10.3. The fraction of sp³-hybridized carbons (Fsp3) is 0.526. The summed E-state index contributed by atoms with van der Waals surface area (Å²) in [6.45, 7) is 9.36. The molecule has 0 bridgehead atoms. The Kier molecular flexibility index (Phi) is 7.66. The number of methoxy groups -OCH3 is 1. The molecule has 0 spiro atoms. The van der Waals surface area contributed by atoms with Crippen molar-refractivity contribution < 1.29 is 9.53 Å².